The third kappa shape index (κ3) is 4.01. The number of methoxy groups -OCH3 is 2. The normalized spacial score (nSPS) is 10.6. The van der Waals surface area contributed by atoms with Gasteiger partial charge in [-0.15, -0.1) is 0 Å². The number of nitrogens with one attached hydrogen (secondary N) is 1. The summed E-state index contributed by atoms with van der Waals surface area (Å²) >= 11 is 3.37. The highest BCUT2D eigenvalue weighted by Gasteiger charge is 2.11. The van der Waals surface area contributed by atoms with Crippen molar-refractivity contribution in [2.45, 2.75) is 0 Å². The van der Waals surface area contributed by atoms with E-state index in [0.717, 1.165) is 4.47 Å². The smallest absolute Gasteiger partial charge is 0.275 e. The number of rotatable bonds is 5. The molecule has 1 amide bonds. The van der Waals surface area contributed by atoms with Crippen molar-refractivity contribution in [3.8, 4) is 17.2 Å². The zero-order valence-electron chi connectivity index (χ0n) is 12.5. The molecule has 23 heavy (non-hydrogen) atoms. The summed E-state index contributed by atoms with van der Waals surface area (Å²) in [6, 6.07) is 9.76. The van der Waals surface area contributed by atoms with Gasteiger partial charge in [0, 0.05) is 10.0 Å². The first kappa shape index (κ1) is 16.8. The Kier molecular flexibility index (Phi) is 5.59. The third-order valence-corrected chi connectivity index (χ3v) is 3.45. The van der Waals surface area contributed by atoms with E-state index >= 15 is 0 Å². The monoisotopic (exact) mass is 378 g/mol. The minimum atomic E-state index is -0.514. The summed E-state index contributed by atoms with van der Waals surface area (Å²) in [5, 5.41) is 13.5. The van der Waals surface area contributed by atoms with Crippen molar-refractivity contribution in [3.05, 3.63) is 52.0 Å². The fraction of sp³-hybridized carbons (Fsp3) is 0.125. The molecule has 2 rings (SSSR count). The maximum absolute atomic E-state index is 12.0. The molecule has 0 radical (unpaired) electrons. The number of carbonyl (C=O) groups is 1. The zero-order valence-corrected chi connectivity index (χ0v) is 14.1. The van der Waals surface area contributed by atoms with Crippen LogP contribution in [0.2, 0.25) is 0 Å². The molecule has 0 unspecified atom stereocenters. The van der Waals surface area contributed by atoms with E-state index in [1.54, 1.807) is 24.3 Å². The summed E-state index contributed by atoms with van der Waals surface area (Å²) in [7, 11) is 3.05. The van der Waals surface area contributed by atoms with Crippen LogP contribution in [0.5, 0.6) is 17.2 Å². The highest BCUT2D eigenvalue weighted by molar-refractivity contribution is 9.10. The van der Waals surface area contributed by atoms with Crippen LogP contribution in [0.15, 0.2) is 46.0 Å². The molecule has 0 aliphatic heterocycles. The first-order valence-corrected chi connectivity index (χ1v) is 7.39. The van der Waals surface area contributed by atoms with Gasteiger partial charge in [0.05, 0.1) is 26.0 Å². The molecule has 7 heteroatoms. The first-order chi connectivity index (χ1) is 11.1. The first-order valence-electron chi connectivity index (χ1n) is 6.59. The zero-order chi connectivity index (χ0) is 16.8. The molecular weight excluding hydrogens is 364 g/mol. The quantitative estimate of drug-likeness (QED) is 0.619. The van der Waals surface area contributed by atoms with Crippen LogP contribution in [-0.4, -0.2) is 31.4 Å². The van der Waals surface area contributed by atoms with Gasteiger partial charge in [0.2, 0.25) is 0 Å². The van der Waals surface area contributed by atoms with Crippen molar-refractivity contribution < 1.29 is 19.4 Å². The van der Waals surface area contributed by atoms with Gasteiger partial charge in [-0.3, -0.25) is 4.79 Å². The number of phenols is 1. The molecule has 120 valence electrons. The highest BCUT2D eigenvalue weighted by atomic mass is 79.9. The van der Waals surface area contributed by atoms with Gasteiger partial charge >= 0.3 is 0 Å². The molecule has 0 atom stereocenters. The Morgan fingerprint density at radius 3 is 2.65 bits per heavy atom. The van der Waals surface area contributed by atoms with Gasteiger partial charge in [0.15, 0.2) is 11.5 Å². The van der Waals surface area contributed by atoms with E-state index in [0.29, 0.717) is 17.1 Å². The Bertz CT molecular complexity index is 747. The Balaban J connectivity index is 2.19. The van der Waals surface area contributed by atoms with Gasteiger partial charge in [-0.1, -0.05) is 28.1 Å². The summed E-state index contributed by atoms with van der Waals surface area (Å²) in [6.07, 6.45) is 1.43. The van der Waals surface area contributed by atoms with Gasteiger partial charge in [0.1, 0.15) is 5.75 Å². The molecule has 2 N–H and O–H groups in total. The van der Waals surface area contributed by atoms with E-state index in [9.17, 15) is 9.90 Å². The van der Waals surface area contributed by atoms with Crippen LogP contribution in [0.3, 0.4) is 0 Å². The van der Waals surface area contributed by atoms with Crippen molar-refractivity contribution >= 4 is 28.1 Å². The number of amides is 1. The minimum Gasteiger partial charge on any atom is -0.507 e. The fourth-order valence-corrected chi connectivity index (χ4v) is 2.40. The van der Waals surface area contributed by atoms with Crippen LogP contribution in [-0.2, 0) is 0 Å². The number of phenolic OH excluding ortho intramolecular Hbond substituents is 1. The predicted molar refractivity (Wildman–Crippen MR) is 90.4 cm³/mol. The largest absolute Gasteiger partial charge is 0.507 e. The number of carbonyl (C=O) groups excluding carboxylic acids is 1. The average Bonchev–Trinajstić information content (AvgIpc) is 2.54. The van der Waals surface area contributed by atoms with E-state index in [-0.39, 0.29) is 11.3 Å². The molecule has 0 heterocycles. The molecule has 0 aliphatic carbocycles. The van der Waals surface area contributed by atoms with Crippen LogP contribution in [0, 0.1) is 0 Å². The molecule has 0 aromatic heterocycles. The predicted octanol–water partition coefficient (Wildman–Crippen LogP) is 2.94. The second-order valence-corrected chi connectivity index (χ2v) is 5.36. The number of aromatic hydroxyl groups is 1. The van der Waals surface area contributed by atoms with E-state index in [4.69, 9.17) is 9.47 Å². The van der Waals surface area contributed by atoms with Gasteiger partial charge in [-0.05, 0) is 24.3 Å². The van der Waals surface area contributed by atoms with Gasteiger partial charge < -0.3 is 14.6 Å². The molecule has 0 spiro atoms. The molecule has 6 nitrogen and oxygen atoms in total. The van der Waals surface area contributed by atoms with Crippen LogP contribution >= 0.6 is 15.9 Å². The summed E-state index contributed by atoms with van der Waals surface area (Å²) < 4.78 is 11.3. The topological polar surface area (TPSA) is 80.2 Å². The lowest BCUT2D eigenvalue weighted by Gasteiger charge is -2.10. The van der Waals surface area contributed by atoms with Crippen molar-refractivity contribution in [1.82, 2.24) is 5.43 Å². The number of para-hydroxylation sites is 1. The number of hydrogen-bond donors (Lipinski definition) is 2. The highest BCUT2D eigenvalue weighted by Crippen LogP contribution is 2.33. The van der Waals surface area contributed by atoms with E-state index in [1.165, 1.54) is 32.6 Å². The standard InChI is InChI=1S/C16H15BrN2O4/c1-22-14-8-11(17)7-10(15(14)23-2)9-18-19-16(21)12-5-3-4-6-13(12)20/h3-9,20H,1-2H3,(H,19,21)/b18-9-. The van der Waals surface area contributed by atoms with Crippen LogP contribution in [0.1, 0.15) is 15.9 Å². The van der Waals surface area contributed by atoms with E-state index in [1.807, 2.05) is 0 Å². The second-order valence-electron chi connectivity index (χ2n) is 4.45. The number of hydrazone groups is 1. The van der Waals surface area contributed by atoms with Crippen LogP contribution < -0.4 is 14.9 Å². The summed E-state index contributed by atoms with van der Waals surface area (Å²) in [4.78, 5) is 12.0. The number of nitrogens with zero attached hydrogens (tertiary/aromatic N) is 1. The van der Waals surface area contributed by atoms with Crippen molar-refractivity contribution in [3.63, 3.8) is 0 Å². The average molecular weight is 379 g/mol. The molecule has 0 aliphatic rings. The minimum absolute atomic E-state index is 0.109. The summed E-state index contributed by atoms with van der Waals surface area (Å²) in [6.45, 7) is 0. The lowest BCUT2D eigenvalue weighted by atomic mass is 10.2. The van der Waals surface area contributed by atoms with Gasteiger partial charge in [-0.2, -0.15) is 5.10 Å². The van der Waals surface area contributed by atoms with E-state index < -0.39 is 5.91 Å². The summed E-state index contributed by atoms with van der Waals surface area (Å²) in [5.74, 6) is 0.411. The molecule has 0 saturated carbocycles. The maximum atomic E-state index is 12.0. The molecule has 2 aromatic rings. The van der Waals surface area contributed by atoms with Gasteiger partial charge in [-0.25, -0.2) is 5.43 Å². The number of hydrogen-bond acceptors (Lipinski definition) is 5. The lowest BCUT2D eigenvalue weighted by molar-refractivity contribution is 0.0952. The van der Waals surface area contributed by atoms with Gasteiger partial charge in [0.25, 0.3) is 5.91 Å². The Hall–Kier alpha value is -2.54. The van der Waals surface area contributed by atoms with Crippen LogP contribution in [0.25, 0.3) is 0 Å². The SMILES string of the molecule is COc1cc(Br)cc(/C=N\NC(=O)c2ccccc2O)c1OC. The van der Waals surface area contributed by atoms with Crippen molar-refractivity contribution in [2.24, 2.45) is 5.10 Å². The fourth-order valence-electron chi connectivity index (χ4n) is 1.94. The van der Waals surface area contributed by atoms with E-state index in [2.05, 4.69) is 26.5 Å². The number of halogens is 1. The molecule has 2 aromatic carbocycles. The third-order valence-electron chi connectivity index (χ3n) is 2.99. The Labute approximate surface area is 141 Å². The number of benzene rings is 2. The molecule has 0 saturated heterocycles. The molecular formula is C16H15BrN2O4. The lowest BCUT2D eigenvalue weighted by Crippen LogP contribution is -2.17. The van der Waals surface area contributed by atoms with Crippen LogP contribution in [0.4, 0.5) is 0 Å². The Morgan fingerprint density at radius 2 is 2.00 bits per heavy atom. The maximum Gasteiger partial charge on any atom is 0.275 e. The van der Waals surface area contributed by atoms with Crippen molar-refractivity contribution in [1.29, 1.82) is 0 Å². The second kappa shape index (κ2) is 7.64. The Morgan fingerprint density at radius 1 is 1.26 bits per heavy atom. The molecule has 0 bridgehead atoms. The van der Waals surface area contributed by atoms with Crippen molar-refractivity contribution in [2.75, 3.05) is 14.2 Å². The number of ether oxygens (including phenoxy) is 2. The summed E-state index contributed by atoms with van der Waals surface area (Å²) in [5.41, 5.74) is 3.12. The molecule has 0 fully saturated rings.